The van der Waals surface area contributed by atoms with Gasteiger partial charge in [-0.2, -0.15) is 13.2 Å². The van der Waals surface area contributed by atoms with E-state index in [1.54, 1.807) is 7.11 Å². The molecule has 0 aliphatic heterocycles. The third kappa shape index (κ3) is 4.74. The van der Waals surface area contributed by atoms with Crippen molar-refractivity contribution in [1.82, 2.24) is 10.3 Å². The zero-order valence-electron chi connectivity index (χ0n) is 11.5. The average molecular weight is 296 g/mol. The van der Waals surface area contributed by atoms with Gasteiger partial charge in [-0.25, -0.2) is 4.98 Å². The van der Waals surface area contributed by atoms with Crippen LogP contribution in [0.3, 0.4) is 0 Å². The summed E-state index contributed by atoms with van der Waals surface area (Å²) >= 11 is 0.685. The second kappa shape index (κ2) is 6.19. The number of nitrogens with one attached hydrogen (secondary N) is 1. The van der Waals surface area contributed by atoms with Crippen LogP contribution in [0.4, 0.5) is 13.2 Å². The highest BCUT2D eigenvalue weighted by molar-refractivity contribution is 7.11. The SMILES string of the molecule is CCNC(CC(C)(C)OC)c1cnc(C(F)(F)F)s1. The summed E-state index contributed by atoms with van der Waals surface area (Å²) in [5, 5.41) is 2.37. The molecule has 1 rings (SSSR count). The number of methoxy groups -OCH3 is 1. The minimum Gasteiger partial charge on any atom is -0.379 e. The van der Waals surface area contributed by atoms with E-state index in [1.165, 1.54) is 6.20 Å². The van der Waals surface area contributed by atoms with Gasteiger partial charge in [-0.1, -0.05) is 6.92 Å². The molecule has 1 unspecified atom stereocenters. The van der Waals surface area contributed by atoms with Crippen LogP contribution in [0.1, 0.15) is 43.1 Å². The van der Waals surface area contributed by atoms with E-state index < -0.39 is 16.8 Å². The molecule has 0 radical (unpaired) electrons. The van der Waals surface area contributed by atoms with Crippen molar-refractivity contribution in [3.05, 3.63) is 16.1 Å². The predicted molar refractivity (Wildman–Crippen MR) is 69.2 cm³/mol. The van der Waals surface area contributed by atoms with Crippen molar-refractivity contribution >= 4 is 11.3 Å². The Morgan fingerprint density at radius 3 is 2.47 bits per heavy atom. The summed E-state index contributed by atoms with van der Waals surface area (Å²) in [7, 11) is 1.59. The number of ether oxygens (including phenoxy) is 1. The molecule has 0 bridgehead atoms. The quantitative estimate of drug-likeness (QED) is 0.870. The standard InChI is InChI=1S/C12H19F3N2OS/c1-5-16-8(6-11(2,3)18-4)9-7-17-10(19-9)12(13,14)15/h7-8,16H,5-6H2,1-4H3. The molecule has 0 aliphatic carbocycles. The molecule has 0 spiro atoms. The number of alkyl halides is 3. The summed E-state index contributed by atoms with van der Waals surface area (Å²) in [6.07, 6.45) is -2.50. The average Bonchev–Trinajstić information content (AvgIpc) is 2.77. The van der Waals surface area contributed by atoms with Gasteiger partial charge in [-0.15, -0.1) is 11.3 Å². The maximum Gasteiger partial charge on any atom is 0.443 e. The summed E-state index contributed by atoms with van der Waals surface area (Å²) in [5.41, 5.74) is -0.408. The van der Waals surface area contributed by atoms with E-state index in [0.717, 1.165) is 0 Å². The molecule has 1 heterocycles. The molecule has 19 heavy (non-hydrogen) atoms. The molecule has 110 valence electrons. The molecular formula is C12H19F3N2OS. The lowest BCUT2D eigenvalue weighted by molar-refractivity contribution is -0.137. The third-order valence-corrected chi connectivity index (χ3v) is 3.96. The smallest absolute Gasteiger partial charge is 0.379 e. The number of thiazole rings is 1. The van der Waals surface area contributed by atoms with Gasteiger partial charge in [0.15, 0.2) is 5.01 Å². The van der Waals surface area contributed by atoms with Crippen molar-refractivity contribution in [2.75, 3.05) is 13.7 Å². The molecule has 1 N–H and O–H groups in total. The van der Waals surface area contributed by atoms with E-state index in [9.17, 15) is 13.2 Å². The zero-order chi connectivity index (χ0) is 14.7. The molecule has 3 nitrogen and oxygen atoms in total. The molecule has 0 amide bonds. The molecule has 0 saturated carbocycles. The molecule has 1 atom stereocenters. The van der Waals surface area contributed by atoms with E-state index in [0.29, 0.717) is 29.2 Å². The molecule has 1 aromatic rings. The highest BCUT2D eigenvalue weighted by Gasteiger charge is 2.35. The first kappa shape index (κ1) is 16.4. The van der Waals surface area contributed by atoms with Crippen molar-refractivity contribution in [3.63, 3.8) is 0 Å². The van der Waals surface area contributed by atoms with Crippen molar-refractivity contribution in [2.45, 2.75) is 45.0 Å². The van der Waals surface area contributed by atoms with E-state index in [-0.39, 0.29) is 6.04 Å². The van der Waals surface area contributed by atoms with Crippen LogP contribution < -0.4 is 5.32 Å². The van der Waals surface area contributed by atoms with Gasteiger partial charge in [0.05, 0.1) is 5.60 Å². The van der Waals surface area contributed by atoms with Crippen LogP contribution in [-0.4, -0.2) is 24.2 Å². The molecule has 0 fully saturated rings. The molecule has 0 saturated heterocycles. The van der Waals surface area contributed by atoms with Crippen molar-refractivity contribution < 1.29 is 17.9 Å². The summed E-state index contributed by atoms with van der Waals surface area (Å²) in [6, 6.07) is -0.187. The maximum absolute atomic E-state index is 12.6. The van der Waals surface area contributed by atoms with Gasteiger partial charge in [0.25, 0.3) is 0 Å². The number of hydrogen-bond donors (Lipinski definition) is 1. The van der Waals surface area contributed by atoms with Crippen molar-refractivity contribution in [2.24, 2.45) is 0 Å². The van der Waals surface area contributed by atoms with Gasteiger partial charge in [0, 0.05) is 24.2 Å². The van der Waals surface area contributed by atoms with Crippen LogP contribution in [0.15, 0.2) is 6.20 Å². The van der Waals surface area contributed by atoms with Gasteiger partial charge >= 0.3 is 6.18 Å². The van der Waals surface area contributed by atoms with Crippen molar-refractivity contribution in [1.29, 1.82) is 0 Å². The van der Waals surface area contributed by atoms with E-state index in [4.69, 9.17) is 4.74 Å². The van der Waals surface area contributed by atoms with Gasteiger partial charge in [-0.3, -0.25) is 0 Å². The Morgan fingerprint density at radius 1 is 1.42 bits per heavy atom. The topological polar surface area (TPSA) is 34.1 Å². The molecule has 7 heteroatoms. The van der Waals surface area contributed by atoms with Gasteiger partial charge < -0.3 is 10.1 Å². The summed E-state index contributed by atoms with van der Waals surface area (Å²) in [5.74, 6) is 0. The number of hydrogen-bond acceptors (Lipinski definition) is 4. The van der Waals surface area contributed by atoms with Crippen LogP contribution in [-0.2, 0) is 10.9 Å². The van der Waals surface area contributed by atoms with Crippen LogP contribution in [0.25, 0.3) is 0 Å². The zero-order valence-corrected chi connectivity index (χ0v) is 12.3. The Kier molecular flexibility index (Phi) is 5.34. The first-order chi connectivity index (χ1) is 8.69. The largest absolute Gasteiger partial charge is 0.443 e. The molecule has 1 aromatic heterocycles. The van der Waals surface area contributed by atoms with E-state index in [2.05, 4.69) is 10.3 Å². The fraction of sp³-hybridized carbons (Fsp3) is 0.750. The van der Waals surface area contributed by atoms with Gasteiger partial charge in [-0.05, 0) is 26.8 Å². The van der Waals surface area contributed by atoms with E-state index in [1.807, 2.05) is 20.8 Å². The third-order valence-electron chi connectivity index (χ3n) is 2.81. The van der Waals surface area contributed by atoms with Crippen LogP contribution >= 0.6 is 11.3 Å². The van der Waals surface area contributed by atoms with Crippen molar-refractivity contribution in [3.8, 4) is 0 Å². The highest BCUT2D eigenvalue weighted by Crippen LogP contribution is 2.36. The number of halogens is 3. The number of rotatable bonds is 6. The fourth-order valence-electron chi connectivity index (χ4n) is 1.67. The Hall–Kier alpha value is -0.660. The Labute approximate surface area is 115 Å². The predicted octanol–water partition coefficient (Wildman–Crippen LogP) is 3.63. The van der Waals surface area contributed by atoms with E-state index >= 15 is 0 Å². The number of nitrogens with zero attached hydrogens (tertiary/aromatic N) is 1. The lowest BCUT2D eigenvalue weighted by Crippen LogP contribution is -2.31. The fourth-order valence-corrected chi connectivity index (χ4v) is 2.53. The Balaban J connectivity index is 2.90. The maximum atomic E-state index is 12.6. The summed E-state index contributed by atoms with van der Waals surface area (Å²) < 4.78 is 43.0. The second-order valence-corrected chi connectivity index (χ2v) is 5.91. The monoisotopic (exact) mass is 296 g/mol. The summed E-state index contributed by atoms with van der Waals surface area (Å²) in [4.78, 5) is 4.04. The van der Waals surface area contributed by atoms with Crippen LogP contribution in [0.5, 0.6) is 0 Å². The normalized spacial score (nSPS) is 14.7. The lowest BCUT2D eigenvalue weighted by Gasteiger charge is -2.28. The second-order valence-electron chi connectivity index (χ2n) is 4.84. The first-order valence-electron chi connectivity index (χ1n) is 6.01. The molecule has 0 aromatic carbocycles. The lowest BCUT2D eigenvalue weighted by atomic mass is 9.98. The molecular weight excluding hydrogens is 277 g/mol. The summed E-state index contributed by atoms with van der Waals surface area (Å²) in [6.45, 7) is 6.40. The Bertz CT molecular complexity index is 404. The highest BCUT2D eigenvalue weighted by atomic mass is 32.1. The minimum atomic E-state index is -4.38. The molecule has 0 aliphatic rings. The minimum absolute atomic E-state index is 0.187. The Morgan fingerprint density at radius 2 is 2.05 bits per heavy atom. The van der Waals surface area contributed by atoms with Gasteiger partial charge in [0.2, 0.25) is 0 Å². The number of aromatic nitrogens is 1. The van der Waals surface area contributed by atoms with Crippen LogP contribution in [0.2, 0.25) is 0 Å². The van der Waals surface area contributed by atoms with Crippen LogP contribution in [0, 0.1) is 0 Å². The van der Waals surface area contributed by atoms with Gasteiger partial charge in [0.1, 0.15) is 0 Å². The first-order valence-corrected chi connectivity index (χ1v) is 6.82.